The van der Waals surface area contributed by atoms with Crippen molar-refractivity contribution >= 4 is 5.90 Å². The SMILES string of the molecule is COc1ccc(OC(C)=NC=C(C)C)c(C)c1. The van der Waals surface area contributed by atoms with E-state index in [-0.39, 0.29) is 0 Å². The maximum Gasteiger partial charge on any atom is 0.191 e. The van der Waals surface area contributed by atoms with Crippen LogP contribution in [0.15, 0.2) is 35.0 Å². The lowest BCUT2D eigenvalue weighted by molar-refractivity contribution is 0.413. The molecule has 17 heavy (non-hydrogen) atoms. The number of rotatable bonds is 3. The standard InChI is InChI=1S/C14H19NO2/c1-10(2)9-15-12(4)17-14-7-6-13(16-5)8-11(14)3/h6-9H,1-5H3. The maximum absolute atomic E-state index is 5.64. The molecule has 0 atom stereocenters. The van der Waals surface area contributed by atoms with E-state index >= 15 is 0 Å². The summed E-state index contributed by atoms with van der Waals surface area (Å²) in [5, 5.41) is 0. The van der Waals surface area contributed by atoms with Crippen LogP contribution in [0.1, 0.15) is 26.3 Å². The van der Waals surface area contributed by atoms with Crippen LogP contribution in [-0.4, -0.2) is 13.0 Å². The van der Waals surface area contributed by atoms with Gasteiger partial charge in [-0.05, 0) is 44.5 Å². The van der Waals surface area contributed by atoms with Gasteiger partial charge >= 0.3 is 0 Å². The molecule has 1 aromatic carbocycles. The number of aliphatic imine (C=N–C) groups is 1. The average molecular weight is 233 g/mol. The van der Waals surface area contributed by atoms with Gasteiger partial charge in [-0.3, -0.25) is 0 Å². The molecule has 0 heterocycles. The third-order valence-electron chi connectivity index (χ3n) is 2.14. The summed E-state index contributed by atoms with van der Waals surface area (Å²) < 4.78 is 10.8. The van der Waals surface area contributed by atoms with Gasteiger partial charge in [-0.1, -0.05) is 5.57 Å². The molecule has 0 radical (unpaired) electrons. The fourth-order valence-corrected chi connectivity index (χ4v) is 1.27. The van der Waals surface area contributed by atoms with Gasteiger partial charge in [-0.25, -0.2) is 4.99 Å². The van der Waals surface area contributed by atoms with Crippen LogP contribution in [0.3, 0.4) is 0 Å². The molecule has 0 aliphatic heterocycles. The number of hydrogen-bond donors (Lipinski definition) is 0. The molecule has 1 aromatic rings. The van der Waals surface area contributed by atoms with E-state index in [0.717, 1.165) is 22.6 Å². The molecule has 3 heteroatoms. The molecule has 1 rings (SSSR count). The Bertz CT molecular complexity index is 444. The monoisotopic (exact) mass is 233 g/mol. The molecule has 0 N–H and O–H groups in total. The van der Waals surface area contributed by atoms with Crippen molar-refractivity contribution in [2.24, 2.45) is 4.99 Å². The molecule has 0 unspecified atom stereocenters. The van der Waals surface area contributed by atoms with Crippen LogP contribution < -0.4 is 9.47 Å². The fraction of sp³-hybridized carbons (Fsp3) is 0.357. The third kappa shape index (κ3) is 4.31. The Balaban J connectivity index is 2.82. The number of allylic oxidation sites excluding steroid dienone is 1. The van der Waals surface area contributed by atoms with Crippen LogP contribution in [0.4, 0.5) is 0 Å². The zero-order valence-corrected chi connectivity index (χ0v) is 11.1. The lowest BCUT2D eigenvalue weighted by atomic mass is 10.2. The van der Waals surface area contributed by atoms with Crippen molar-refractivity contribution in [1.82, 2.24) is 0 Å². The Morgan fingerprint density at radius 2 is 1.94 bits per heavy atom. The fourth-order valence-electron chi connectivity index (χ4n) is 1.27. The minimum absolute atomic E-state index is 0.625. The first kappa shape index (κ1) is 13.3. The summed E-state index contributed by atoms with van der Waals surface area (Å²) >= 11 is 0. The van der Waals surface area contributed by atoms with Gasteiger partial charge in [0, 0.05) is 13.1 Å². The number of aryl methyl sites for hydroxylation is 1. The molecule has 0 aliphatic rings. The van der Waals surface area contributed by atoms with Gasteiger partial charge < -0.3 is 9.47 Å². The van der Waals surface area contributed by atoms with E-state index in [1.165, 1.54) is 0 Å². The zero-order chi connectivity index (χ0) is 12.8. The van der Waals surface area contributed by atoms with E-state index < -0.39 is 0 Å². The molecule has 92 valence electrons. The molecule has 0 saturated heterocycles. The van der Waals surface area contributed by atoms with Crippen LogP contribution in [0.2, 0.25) is 0 Å². The van der Waals surface area contributed by atoms with Crippen molar-refractivity contribution in [2.75, 3.05) is 7.11 Å². The molecule has 0 aromatic heterocycles. The predicted molar refractivity (Wildman–Crippen MR) is 70.9 cm³/mol. The maximum atomic E-state index is 5.64. The second kappa shape index (κ2) is 6.09. The van der Waals surface area contributed by atoms with E-state index in [0.29, 0.717) is 5.90 Å². The Morgan fingerprint density at radius 3 is 2.47 bits per heavy atom. The van der Waals surface area contributed by atoms with Gasteiger partial charge in [0.2, 0.25) is 0 Å². The first-order chi connectivity index (χ1) is 8.02. The van der Waals surface area contributed by atoms with Crippen LogP contribution in [-0.2, 0) is 0 Å². The highest BCUT2D eigenvalue weighted by Crippen LogP contribution is 2.23. The van der Waals surface area contributed by atoms with Crippen LogP contribution in [0.25, 0.3) is 0 Å². The highest BCUT2D eigenvalue weighted by atomic mass is 16.5. The smallest absolute Gasteiger partial charge is 0.191 e. The lowest BCUT2D eigenvalue weighted by Gasteiger charge is -2.09. The normalized spacial score (nSPS) is 11.0. The Labute approximate surface area is 103 Å². The van der Waals surface area contributed by atoms with E-state index in [1.54, 1.807) is 13.3 Å². The van der Waals surface area contributed by atoms with Gasteiger partial charge in [-0.2, -0.15) is 0 Å². The molecular formula is C14H19NO2. The summed E-state index contributed by atoms with van der Waals surface area (Å²) in [5.74, 6) is 2.25. The molecule has 0 aliphatic carbocycles. The number of methoxy groups -OCH3 is 1. The summed E-state index contributed by atoms with van der Waals surface area (Å²) in [7, 11) is 1.65. The third-order valence-corrected chi connectivity index (χ3v) is 2.14. The summed E-state index contributed by atoms with van der Waals surface area (Å²) in [5.41, 5.74) is 2.16. The summed E-state index contributed by atoms with van der Waals surface area (Å²) in [6, 6.07) is 5.69. The second-order valence-corrected chi connectivity index (χ2v) is 4.09. The van der Waals surface area contributed by atoms with E-state index in [4.69, 9.17) is 9.47 Å². The van der Waals surface area contributed by atoms with E-state index in [2.05, 4.69) is 4.99 Å². The Hall–Kier alpha value is -1.77. The predicted octanol–water partition coefficient (Wildman–Crippen LogP) is 3.72. The van der Waals surface area contributed by atoms with Gasteiger partial charge in [0.15, 0.2) is 5.90 Å². The first-order valence-corrected chi connectivity index (χ1v) is 5.53. The minimum atomic E-state index is 0.625. The average Bonchev–Trinajstić information content (AvgIpc) is 2.29. The molecule has 0 amide bonds. The highest BCUT2D eigenvalue weighted by Gasteiger charge is 2.02. The van der Waals surface area contributed by atoms with E-state index in [9.17, 15) is 0 Å². The molecular weight excluding hydrogens is 214 g/mol. The van der Waals surface area contributed by atoms with Crippen molar-refractivity contribution in [3.05, 3.63) is 35.5 Å². The lowest BCUT2D eigenvalue weighted by Crippen LogP contribution is -2.03. The largest absolute Gasteiger partial charge is 0.497 e. The Kier molecular flexibility index (Phi) is 4.76. The second-order valence-electron chi connectivity index (χ2n) is 4.09. The highest BCUT2D eigenvalue weighted by molar-refractivity contribution is 5.76. The van der Waals surface area contributed by atoms with Gasteiger partial charge in [0.1, 0.15) is 11.5 Å². The van der Waals surface area contributed by atoms with Gasteiger partial charge in [0.25, 0.3) is 0 Å². The molecule has 0 spiro atoms. The van der Waals surface area contributed by atoms with Crippen LogP contribution >= 0.6 is 0 Å². The summed E-state index contributed by atoms with van der Waals surface area (Å²) in [6.45, 7) is 7.81. The van der Waals surface area contributed by atoms with Crippen molar-refractivity contribution in [2.45, 2.75) is 27.7 Å². The van der Waals surface area contributed by atoms with Crippen molar-refractivity contribution in [1.29, 1.82) is 0 Å². The number of benzene rings is 1. The van der Waals surface area contributed by atoms with Crippen molar-refractivity contribution in [3.8, 4) is 11.5 Å². The zero-order valence-electron chi connectivity index (χ0n) is 11.1. The number of ether oxygens (including phenoxy) is 2. The summed E-state index contributed by atoms with van der Waals surface area (Å²) in [6.07, 6.45) is 1.79. The minimum Gasteiger partial charge on any atom is -0.497 e. The van der Waals surface area contributed by atoms with Gasteiger partial charge in [0.05, 0.1) is 7.11 Å². The molecule has 0 saturated carbocycles. The van der Waals surface area contributed by atoms with E-state index in [1.807, 2.05) is 45.9 Å². The van der Waals surface area contributed by atoms with Crippen molar-refractivity contribution in [3.63, 3.8) is 0 Å². The van der Waals surface area contributed by atoms with Crippen molar-refractivity contribution < 1.29 is 9.47 Å². The number of nitrogens with zero attached hydrogens (tertiary/aromatic N) is 1. The topological polar surface area (TPSA) is 30.8 Å². The van der Waals surface area contributed by atoms with Crippen LogP contribution in [0, 0.1) is 6.92 Å². The molecule has 0 bridgehead atoms. The Morgan fingerprint density at radius 1 is 1.24 bits per heavy atom. The molecule has 3 nitrogen and oxygen atoms in total. The number of hydrogen-bond acceptors (Lipinski definition) is 3. The van der Waals surface area contributed by atoms with Crippen LogP contribution in [0.5, 0.6) is 11.5 Å². The van der Waals surface area contributed by atoms with Gasteiger partial charge in [-0.15, -0.1) is 0 Å². The first-order valence-electron chi connectivity index (χ1n) is 5.53. The molecule has 0 fully saturated rings. The quantitative estimate of drug-likeness (QED) is 0.588. The summed E-state index contributed by atoms with van der Waals surface area (Å²) in [4.78, 5) is 4.20.